The molecule has 5 heteroatoms. The van der Waals surface area contributed by atoms with Crippen molar-refractivity contribution in [2.45, 2.75) is 32.2 Å². The Morgan fingerprint density at radius 1 is 1.32 bits per heavy atom. The summed E-state index contributed by atoms with van der Waals surface area (Å²) in [7, 11) is 0. The minimum atomic E-state index is -1.19. The van der Waals surface area contributed by atoms with Crippen molar-refractivity contribution in [2.24, 2.45) is 5.92 Å². The summed E-state index contributed by atoms with van der Waals surface area (Å²) >= 11 is 0. The van der Waals surface area contributed by atoms with Crippen LogP contribution in [0.15, 0.2) is 24.3 Å². The molecule has 19 heavy (non-hydrogen) atoms. The van der Waals surface area contributed by atoms with Crippen molar-refractivity contribution < 1.29 is 14.7 Å². The molecule has 3 N–H and O–H groups in total. The van der Waals surface area contributed by atoms with Crippen molar-refractivity contribution >= 4 is 17.7 Å². The highest BCUT2D eigenvalue weighted by Crippen LogP contribution is 2.39. The second kappa shape index (κ2) is 4.91. The van der Waals surface area contributed by atoms with E-state index in [1.165, 1.54) is 0 Å². The van der Waals surface area contributed by atoms with E-state index in [0.29, 0.717) is 5.69 Å². The van der Waals surface area contributed by atoms with Crippen molar-refractivity contribution in [1.82, 2.24) is 5.32 Å². The highest BCUT2D eigenvalue weighted by atomic mass is 16.4. The third kappa shape index (κ3) is 2.86. The maximum absolute atomic E-state index is 11.9. The molecule has 0 bridgehead atoms. The van der Waals surface area contributed by atoms with Gasteiger partial charge in [0.1, 0.15) is 5.54 Å². The first kappa shape index (κ1) is 13.4. The van der Waals surface area contributed by atoms with E-state index in [2.05, 4.69) is 10.6 Å². The Labute approximate surface area is 112 Å². The summed E-state index contributed by atoms with van der Waals surface area (Å²) < 4.78 is 0. The van der Waals surface area contributed by atoms with E-state index in [9.17, 15) is 14.7 Å². The monoisotopic (exact) mass is 262 g/mol. The Bertz CT molecular complexity index is 511. The van der Waals surface area contributed by atoms with Crippen molar-refractivity contribution in [3.05, 3.63) is 29.8 Å². The van der Waals surface area contributed by atoms with Gasteiger partial charge in [0.15, 0.2) is 0 Å². The lowest BCUT2D eigenvalue weighted by Gasteiger charge is -2.26. The van der Waals surface area contributed by atoms with Gasteiger partial charge in [0, 0.05) is 5.69 Å². The second-order valence-electron chi connectivity index (χ2n) is 5.18. The molecule has 1 aliphatic carbocycles. The topological polar surface area (TPSA) is 78.4 Å². The minimum absolute atomic E-state index is 0.0209. The van der Waals surface area contributed by atoms with E-state index in [4.69, 9.17) is 0 Å². The number of aliphatic carboxylic acids is 1. The molecule has 0 aliphatic heterocycles. The largest absolute Gasteiger partial charge is 0.480 e. The van der Waals surface area contributed by atoms with Crippen molar-refractivity contribution in [3.63, 3.8) is 0 Å². The number of carbonyl (C=O) groups excluding carboxylic acids is 1. The molecule has 2 rings (SSSR count). The molecule has 2 amide bonds. The van der Waals surface area contributed by atoms with Crippen LogP contribution in [0.2, 0.25) is 0 Å². The number of anilines is 1. The zero-order chi connectivity index (χ0) is 14.0. The van der Waals surface area contributed by atoms with E-state index in [1.807, 2.05) is 25.1 Å². The fourth-order valence-corrected chi connectivity index (χ4v) is 2.09. The molecule has 1 atom stereocenters. The average molecular weight is 262 g/mol. The summed E-state index contributed by atoms with van der Waals surface area (Å²) in [5.74, 6) is -0.970. The van der Waals surface area contributed by atoms with E-state index in [-0.39, 0.29) is 5.92 Å². The lowest BCUT2D eigenvalue weighted by molar-refractivity contribution is -0.144. The van der Waals surface area contributed by atoms with Crippen LogP contribution in [0.25, 0.3) is 0 Å². The lowest BCUT2D eigenvalue weighted by atomic mass is 9.96. The van der Waals surface area contributed by atoms with Gasteiger partial charge in [-0.15, -0.1) is 0 Å². The van der Waals surface area contributed by atoms with Crippen molar-refractivity contribution in [1.29, 1.82) is 0 Å². The minimum Gasteiger partial charge on any atom is -0.480 e. The number of aryl methyl sites for hydroxylation is 1. The molecular formula is C14H18N2O3. The van der Waals surface area contributed by atoms with E-state index < -0.39 is 17.5 Å². The van der Waals surface area contributed by atoms with Gasteiger partial charge in [-0.05, 0) is 44.2 Å². The number of carboxylic acids is 1. The van der Waals surface area contributed by atoms with Crippen LogP contribution < -0.4 is 10.6 Å². The number of carboxylic acid groups (broad SMARTS) is 1. The van der Waals surface area contributed by atoms with Gasteiger partial charge in [0.05, 0.1) is 0 Å². The zero-order valence-corrected chi connectivity index (χ0v) is 11.1. The van der Waals surface area contributed by atoms with Crippen LogP contribution in [0.1, 0.15) is 25.3 Å². The van der Waals surface area contributed by atoms with Gasteiger partial charge in [-0.1, -0.05) is 18.2 Å². The molecule has 0 spiro atoms. The van der Waals surface area contributed by atoms with Gasteiger partial charge in [0.2, 0.25) is 0 Å². The van der Waals surface area contributed by atoms with Crippen LogP contribution in [0.4, 0.5) is 10.5 Å². The van der Waals surface area contributed by atoms with E-state index in [0.717, 1.165) is 18.4 Å². The maximum Gasteiger partial charge on any atom is 0.329 e. The predicted octanol–water partition coefficient (Wildman–Crippen LogP) is 2.37. The molecule has 102 valence electrons. The van der Waals surface area contributed by atoms with Crippen LogP contribution in [0.3, 0.4) is 0 Å². The third-order valence-corrected chi connectivity index (χ3v) is 3.60. The summed E-state index contributed by atoms with van der Waals surface area (Å²) in [4.78, 5) is 23.2. The Kier molecular flexibility index (Phi) is 3.46. The SMILES string of the molecule is Cc1ccccc1NC(=O)NC(C)(C(=O)O)C1CC1. The molecule has 1 aromatic carbocycles. The normalized spacial score (nSPS) is 17.4. The fraction of sp³-hybridized carbons (Fsp3) is 0.429. The maximum atomic E-state index is 11.9. The van der Waals surface area contributed by atoms with Crippen LogP contribution in [0.5, 0.6) is 0 Å². The van der Waals surface area contributed by atoms with Crippen molar-refractivity contribution in [2.75, 3.05) is 5.32 Å². The van der Waals surface area contributed by atoms with Gasteiger partial charge < -0.3 is 15.7 Å². The molecule has 0 aromatic heterocycles. The molecule has 1 fully saturated rings. The molecule has 0 radical (unpaired) electrons. The number of carbonyl (C=O) groups is 2. The first-order valence-corrected chi connectivity index (χ1v) is 6.31. The van der Waals surface area contributed by atoms with E-state index in [1.54, 1.807) is 13.0 Å². The number of nitrogens with one attached hydrogen (secondary N) is 2. The smallest absolute Gasteiger partial charge is 0.329 e. The first-order chi connectivity index (χ1) is 8.93. The number of urea groups is 1. The van der Waals surface area contributed by atoms with Crippen LogP contribution in [0, 0.1) is 12.8 Å². The van der Waals surface area contributed by atoms with Gasteiger partial charge in [-0.3, -0.25) is 0 Å². The van der Waals surface area contributed by atoms with Gasteiger partial charge in [0.25, 0.3) is 0 Å². The number of hydrogen-bond acceptors (Lipinski definition) is 2. The van der Waals surface area contributed by atoms with Crippen LogP contribution in [-0.2, 0) is 4.79 Å². The van der Waals surface area contributed by atoms with Crippen LogP contribution in [-0.4, -0.2) is 22.6 Å². The first-order valence-electron chi connectivity index (χ1n) is 6.31. The number of para-hydroxylation sites is 1. The molecule has 5 nitrogen and oxygen atoms in total. The summed E-state index contributed by atoms with van der Waals surface area (Å²) in [6.45, 7) is 3.44. The van der Waals surface area contributed by atoms with Gasteiger partial charge >= 0.3 is 12.0 Å². The Morgan fingerprint density at radius 3 is 2.47 bits per heavy atom. The molecule has 1 aliphatic rings. The fourth-order valence-electron chi connectivity index (χ4n) is 2.09. The Balaban J connectivity index is 2.05. The predicted molar refractivity (Wildman–Crippen MR) is 72.1 cm³/mol. The highest BCUT2D eigenvalue weighted by Gasteiger charge is 2.48. The number of rotatable bonds is 4. The Morgan fingerprint density at radius 2 is 1.95 bits per heavy atom. The van der Waals surface area contributed by atoms with Crippen molar-refractivity contribution in [3.8, 4) is 0 Å². The summed E-state index contributed by atoms with van der Waals surface area (Å²) in [5, 5.41) is 14.5. The molecule has 1 unspecified atom stereocenters. The average Bonchev–Trinajstić information content (AvgIpc) is 3.16. The molecular weight excluding hydrogens is 244 g/mol. The number of benzene rings is 1. The lowest BCUT2D eigenvalue weighted by Crippen LogP contribution is -2.55. The molecule has 1 aromatic rings. The summed E-state index contributed by atoms with van der Waals surface area (Å²) in [6, 6.07) is 6.88. The van der Waals surface area contributed by atoms with Gasteiger partial charge in [-0.2, -0.15) is 0 Å². The van der Waals surface area contributed by atoms with E-state index >= 15 is 0 Å². The summed E-state index contributed by atoms with van der Waals surface area (Å²) in [5.41, 5.74) is 0.428. The Hall–Kier alpha value is -2.04. The molecule has 0 heterocycles. The quantitative estimate of drug-likeness (QED) is 0.779. The standard InChI is InChI=1S/C14H18N2O3/c1-9-5-3-4-6-11(9)15-13(19)16-14(2,12(17)18)10-7-8-10/h3-6,10H,7-8H2,1-2H3,(H,17,18)(H2,15,16,19). The van der Waals surface area contributed by atoms with Crippen LogP contribution >= 0.6 is 0 Å². The second-order valence-corrected chi connectivity index (χ2v) is 5.18. The molecule has 1 saturated carbocycles. The van der Waals surface area contributed by atoms with Gasteiger partial charge in [-0.25, -0.2) is 9.59 Å². The number of hydrogen-bond donors (Lipinski definition) is 3. The number of amides is 2. The molecule has 0 saturated heterocycles. The highest BCUT2D eigenvalue weighted by molar-refractivity contribution is 5.94. The summed E-state index contributed by atoms with van der Waals surface area (Å²) in [6.07, 6.45) is 1.68. The zero-order valence-electron chi connectivity index (χ0n) is 11.1. The third-order valence-electron chi connectivity index (χ3n) is 3.60.